The van der Waals surface area contributed by atoms with Gasteiger partial charge in [0.2, 0.25) is 0 Å². The van der Waals surface area contributed by atoms with E-state index < -0.39 is 0 Å². The van der Waals surface area contributed by atoms with Crippen LogP contribution in [0.2, 0.25) is 0 Å². The van der Waals surface area contributed by atoms with Gasteiger partial charge in [0, 0.05) is 16.2 Å². The van der Waals surface area contributed by atoms with E-state index >= 15 is 0 Å². The molecule has 0 spiro atoms. The third-order valence-electron chi connectivity index (χ3n) is 3.23. The SMILES string of the molecule is O=Cc1cc2oc3ccccc3c2c2ccoc12. The lowest BCUT2D eigenvalue weighted by Crippen LogP contribution is -1.80. The number of para-hydroxylation sites is 1. The summed E-state index contributed by atoms with van der Waals surface area (Å²) in [6, 6.07) is 11.4. The quantitative estimate of drug-likeness (QED) is 0.466. The van der Waals surface area contributed by atoms with E-state index in [0.29, 0.717) is 16.7 Å². The molecule has 0 bridgehead atoms. The molecule has 0 aliphatic rings. The molecule has 3 nitrogen and oxygen atoms in total. The summed E-state index contributed by atoms with van der Waals surface area (Å²) in [6.07, 6.45) is 2.39. The van der Waals surface area contributed by atoms with Crippen LogP contribution in [0.15, 0.2) is 51.5 Å². The van der Waals surface area contributed by atoms with Gasteiger partial charge < -0.3 is 8.83 Å². The van der Waals surface area contributed by atoms with Crippen LogP contribution in [0.5, 0.6) is 0 Å². The van der Waals surface area contributed by atoms with Gasteiger partial charge in [-0.25, -0.2) is 0 Å². The molecule has 0 radical (unpaired) electrons. The number of aldehydes is 1. The topological polar surface area (TPSA) is 43.4 Å². The van der Waals surface area contributed by atoms with E-state index in [1.165, 1.54) is 0 Å². The third-order valence-corrected chi connectivity index (χ3v) is 3.23. The van der Waals surface area contributed by atoms with Gasteiger partial charge in [-0.1, -0.05) is 18.2 Å². The molecule has 0 amide bonds. The van der Waals surface area contributed by atoms with Crippen molar-refractivity contribution < 1.29 is 13.6 Å². The van der Waals surface area contributed by atoms with Gasteiger partial charge in [-0.3, -0.25) is 4.79 Å². The van der Waals surface area contributed by atoms with Crippen molar-refractivity contribution in [3.8, 4) is 0 Å². The van der Waals surface area contributed by atoms with Crippen LogP contribution in [-0.2, 0) is 0 Å². The maximum atomic E-state index is 11.1. The standard InChI is InChI=1S/C15H8O3/c16-8-9-7-13-14(11-5-6-17-15(9)11)10-3-1-2-4-12(10)18-13/h1-8H. The molecule has 86 valence electrons. The maximum Gasteiger partial charge on any atom is 0.153 e. The lowest BCUT2D eigenvalue weighted by atomic mass is 10.1. The Morgan fingerprint density at radius 2 is 1.89 bits per heavy atom. The van der Waals surface area contributed by atoms with E-state index in [4.69, 9.17) is 8.83 Å². The van der Waals surface area contributed by atoms with Gasteiger partial charge in [-0.2, -0.15) is 0 Å². The molecule has 0 fully saturated rings. The lowest BCUT2D eigenvalue weighted by Gasteiger charge is -1.95. The minimum Gasteiger partial charge on any atom is -0.464 e. The first-order valence-electron chi connectivity index (χ1n) is 5.65. The molecule has 0 atom stereocenters. The molecule has 3 heteroatoms. The van der Waals surface area contributed by atoms with Crippen molar-refractivity contribution in [2.45, 2.75) is 0 Å². The van der Waals surface area contributed by atoms with Crippen molar-refractivity contribution in [3.05, 3.63) is 48.2 Å². The van der Waals surface area contributed by atoms with Crippen LogP contribution >= 0.6 is 0 Å². The van der Waals surface area contributed by atoms with E-state index in [2.05, 4.69) is 0 Å². The molecule has 2 aromatic heterocycles. The minimum atomic E-state index is 0.515. The first-order chi connectivity index (χ1) is 8.88. The van der Waals surface area contributed by atoms with Crippen LogP contribution in [-0.4, -0.2) is 6.29 Å². The molecule has 18 heavy (non-hydrogen) atoms. The Morgan fingerprint density at radius 1 is 1.00 bits per heavy atom. The molecule has 2 aromatic carbocycles. The average molecular weight is 236 g/mol. The second-order valence-corrected chi connectivity index (χ2v) is 4.22. The van der Waals surface area contributed by atoms with Crippen LogP contribution in [0.1, 0.15) is 10.4 Å². The number of hydrogen-bond acceptors (Lipinski definition) is 3. The summed E-state index contributed by atoms with van der Waals surface area (Å²) in [5.41, 5.74) is 2.66. The molecule has 0 aliphatic carbocycles. The van der Waals surface area contributed by atoms with Gasteiger partial charge in [0.25, 0.3) is 0 Å². The highest BCUT2D eigenvalue weighted by Crippen LogP contribution is 2.36. The van der Waals surface area contributed by atoms with Crippen molar-refractivity contribution in [2.24, 2.45) is 0 Å². The van der Waals surface area contributed by atoms with Gasteiger partial charge in [0.15, 0.2) is 6.29 Å². The van der Waals surface area contributed by atoms with Gasteiger partial charge >= 0.3 is 0 Å². The van der Waals surface area contributed by atoms with Crippen LogP contribution in [0, 0.1) is 0 Å². The van der Waals surface area contributed by atoms with Crippen LogP contribution in [0.4, 0.5) is 0 Å². The summed E-state index contributed by atoms with van der Waals surface area (Å²) < 4.78 is 11.2. The lowest BCUT2D eigenvalue weighted by molar-refractivity contribution is 0.112. The predicted molar refractivity (Wildman–Crippen MR) is 68.9 cm³/mol. The summed E-state index contributed by atoms with van der Waals surface area (Å²) in [5, 5.41) is 2.95. The van der Waals surface area contributed by atoms with E-state index in [1.807, 2.05) is 30.3 Å². The monoisotopic (exact) mass is 236 g/mol. The molecular formula is C15H8O3. The third kappa shape index (κ3) is 1.06. The molecular weight excluding hydrogens is 228 g/mol. The smallest absolute Gasteiger partial charge is 0.153 e. The zero-order valence-corrected chi connectivity index (χ0v) is 9.34. The Hall–Kier alpha value is -2.55. The van der Waals surface area contributed by atoms with Crippen molar-refractivity contribution in [1.29, 1.82) is 0 Å². The van der Waals surface area contributed by atoms with E-state index in [-0.39, 0.29) is 0 Å². The summed E-state index contributed by atoms with van der Waals surface area (Å²) in [6.45, 7) is 0. The first kappa shape index (κ1) is 9.48. The fraction of sp³-hybridized carbons (Fsp3) is 0. The zero-order chi connectivity index (χ0) is 12.1. The van der Waals surface area contributed by atoms with Gasteiger partial charge in [-0.05, 0) is 18.2 Å². The molecule has 0 saturated heterocycles. The Bertz CT molecular complexity index is 896. The second kappa shape index (κ2) is 3.23. The van der Waals surface area contributed by atoms with Crippen LogP contribution < -0.4 is 0 Å². The van der Waals surface area contributed by atoms with Gasteiger partial charge in [0.05, 0.1) is 11.8 Å². The van der Waals surface area contributed by atoms with E-state index in [1.54, 1.807) is 12.3 Å². The molecule has 2 heterocycles. The number of benzene rings is 2. The summed E-state index contributed by atoms with van der Waals surface area (Å²) in [4.78, 5) is 11.1. The van der Waals surface area contributed by atoms with Crippen molar-refractivity contribution in [2.75, 3.05) is 0 Å². The number of fused-ring (bicyclic) bond motifs is 5. The number of carbonyl (C=O) groups excluding carboxylic acids is 1. The number of furan rings is 2. The molecule has 0 saturated carbocycles. The Morgan fingerprint density at radius 3 is 2.78 bits per heavy atom. The highest BCUT2D eigenvalue weighted by atomic mass is 16.3. The summed E-state index contributed by atoms with van der Waals surface area (Å²) >= 11 is 0. The Kier molecular flexibility index (Phi) is 1.70. The number of hydrogen-bond donors (Lipinski definition) is 0. The largest absolute Gasteiger partial charge is 0.464 e. The van der Waals surface area contributed by atoms with E-state index in [0.717, 1.165) is 28.0 Å². The average Bonchev–Trinajstić information content (AvgIpc) is 3.00. The highest BCUT2D eigenvalue weighted by Gasteiger charge is 2.14. The Balaban J connectivity index is 2.38. The Labute approximate surface area is 102 Å². The zero-order valence-electron chi connectivity index (χ0n) is 9.34. The van der Waals surface area contributed by atoms with Crippen molar-refractivity contribution in [3.63, 3.8) is 0 Å². The summed E-state index contributed by atoms with van der Waals surface area (Å²) in [7, 11) is 0. The van der Waals surface area contributed by atoms with E-state index in [9.17, 15) is 4.79 Å². The van der Waals surface area contributed by atoms with Gasteiger partial charge in [0.1, 0.15) is 16.7 Å². The van der Waals surface area contributed by atoms with Crippen LogP contribution in [0.25, 0.3) is 32.9 Å². The van der Waals surface area contributed by atoms with Crippen molar-refractivity contribution >= 4 is 39.2 Å². The normalized spacial score (nSPS) is 11.6. The fourth-order valence-electron chi connectivity index (χ4n) is 2.47. The molecule has 4 rings (SSSR count). The fourth-order valence-corrected chi connectivity index (χ4v) is 2.47. The minimum absolute atomic E-state index is 0.515. The first-order valence-corrected chi connectivity index (χ1v) is 5.65. The van der Waals surface area contributed by atoms with Crippen LogP contribution in [0.3, 0.4) is 0 Å². The second-order valence-electron chi connectivity index (χ2n) is 4.22. The van der Waals surface area contributed by atoms with Crippen molar-refractivity contribution in [1.82, 2.24) is 0 Å². The molecule has 0 aliphatic heterocycles. The molecule has 0 unspecified atom stereocenters. The summed E-state index contributed by atoms with van der Waals surface area (Å²) in [5.74, 6) is 0. The highest BCUT2D eigenvalue weighted by molar-refractivity contribution is 6.20. The maximum absolute atomic E-state index is 11.1. The number of rotatable bonds is 1. The molecule has 0 N–H and O–H groups in total. The van der Waals surface area contributed by atoms with Gasteiger partial charge in [-0.15, -0.1) is 0 Å². The molecule has 4 aromatic rings. The predicted octanol–water partition coefficient (Wildman–Crippen LogP) is 4.14. The number of carbonyl (C=O) groups is 1.